The van der Waals surface area contributed by atoms with Gasteiger partial charge in [0.25, 0.3) is 0 Å². The van der Waals surface area contributed by atoms with Crippen LogP contribution in [-0.2, 0) is 16.0 Å². The molecular weight excluding hydrogens is 336 g/mol. The van der Waals surface area contributed by atoms with Crippen molar-refractivity contribution in [1.82, 2.24) is 4.90 Å². The summed E-state index contributed by atoms with van der Waals surface area (Å²) < 4.78 is 0. The van der Waals surface area contributed by atoms with E-state index in [9.17, 15) is 14.4 Å². The smallest absolute Gasteiger partial charge is 0.247 e. The first-order valence-corrected chi connectivity index (χ1v) is 9.16. The van der Waals surface area contributed by atoms with Gasteiger partial charge in [0, 0.05) is 22.7 Å². The zero-order chi connectivity index (χ0) is 17.8. The molecule has 2 amide bonds. The topological polar surface area (TPSA) is 66.5 Å². The highest BCUT2D eigenvalue weighted by Crippen LogP contribution is 2.22. The predicted octanol–water partition coefficient (Wildman–Crippen LogP) is 3.12. The molecule has 1 saturated heterocycles. The molecule has 1 aromatic carbocycles. The van der Waals surface area contributed by atoms with Crippen LogP contribution in [-0.4, -0.2) is 35.1 Å². The summed E-state index contributed by atoms with van der Waals surface area (Å²) in [5, 5.41) is 4.78. The molecule has 1 aliphatic rings. The summed E-state index contributed by atoms with van der Waals surface area (Å²) in [7, 11) is 0. The lowest BCUT2D eigenvalue weighted by molar-refractivity contribution is -0.136. The summed E-state index contributed by atoms with van der Waals surface area (Å²) in [5.74, 6) is -0.264. The maximum Gasteiger partial charge on any atom is 0.247 e. The van der Waals surface area contributed by atoms with E-state index in [1.54, 1.807) is 40.5 Å². The van der Waals surface area contributed by atoms with Crippen molar-refractivity contribution in [3.8, 4) is 0 Å². The van der Waals surface area contributed by atoms with Gasteiger partial charge in [-0.05, 0) is 43.3 Å². The van der Waals surface area contributed by atoms with Crippen molar-refractivity contribution in [3.63, 3.8) is 0 Å². The van der Waals surface area contributed by atoms with E-state index < -0.39 is 6.04 Å². The van der Waals surface area contributed by atoms with Crippen LogP contribution in [0.4, 0.5) is 5.69 Å². The standard InChI is InChI=1S/C19H20N2O3S/c1-13(22)14-5-2-6-15(11-14)20-19(24)17-8-3-9-21(17)18(23)12-16-7-4-10-25-16/h2,4-7,10-11,17H,3,8-9,12H2,1H3,(H,20,24). The minimum Gasteiger partial charge on any atom is -0.330 e. The number of rotatable bonds is 5. The van der Waals surface area contributed by atoms with Crippen molar-refractivity contribution in [2.75, 3.05) is 11.9 Å². The molecule has 1 fully saturated rings. The van der Waals surface area contributed by atoms with E-state index >= 15 is 0 Å². The van der Waals surface area contributed by atoms with Crippen LogP contribution < -0.4 is 5.32 Å². The third-order valence-corrected chi connectivity index (χ3v) is 5.19. The molecule has 0 radical (unpaired) electrons. The van der Waals surface area contributed by atoms with E-state index in [0.717, 1.165) is 11.3 Å². The lowest BCUT2D eigenvalue weighted by Gasteiger charge is -2.24. The number of hydrogen-bond donors (Lipinski definition) is 1. The summed E-state index contributed by atoms with van der Waals surface area (Å²) >= 11 is 1.55. The summed E-state index contributed by atoms with van der Waals surface area (Å²) in [4.78, 5) is 39.3. The molecule has 3 rings (SSSR count). The molecule has 130 valence electrons. The Bertz CT molecular complexity index is 786. The first-order valence-electron chi connectivity index (χ1n) is 8.28. The van der Waals surface area contributed by atoms with Crippen LogP contribution in [0, 0.1) is 0 Å². The number of benzene rings is 1. The van der Waals surface area contributed by atoms with Gasteiger partial charge in [0.15, 0.2) is 5.78 Å². The maximum absolute atomic E-state index is 12.6. The molecule has 0 spiro atoms. The number of likely N-dealkylation sites (tertiary alicyclic amines) is 1. The molecule has 1 aliphatic heterocycles. The van der Waals surface area contributed by atoms with Crippen molar-refractivity contribution in [3.05, 3.63) is 52.2 Å². The fraction of sp³-hybridized carbons (Fsp3) is 0.316. The van der Waals surface area contributed by atoms with Crippen molar-refractivity contribution < 1.29 is 14.4 Å². The largest absolute Gasteiger partial charge is 0.330 e. The summed E-state index contributed by atoms with van der Waals surface area (Å²) in [6.45, 7) is 2.10. The Morgan fingerprint density at radius 2 is 2.08 bits per heavy atom. The SMILES string of the molecule is CC(=O)c1cccc(NC(=O)C2CCCN2C(=O)Cc2cccs2)c1. The Hall–Kier alpha value is -2.47. The molecule has 1 aromatic heterocycles. The fourth-order valence-corrected chi connectivity index (χ4v) is 3.74. The molecule has 0 aliphatic carbocycles. The number of carbonyl (C=O) groups excluding carboxylic acids is 3. The number of carbonyl (C=O) groups is 3. The van der Waals surface area contributed by atoms with Gasteiger partial charge >= 0.3 is 0 Å². The van der Waals surface area contributed by atoms with E-state index in [1.807, 2.05) is 17.5 Å². The van der Waals surface area contributed by atoms with Crippen molar-refractivity contribution in [2.24, 2.45) is 0 Å². The molecule has 0 bridgehead atoms. The van der Waals surface area contributed by atoms with E-state index in [-0.39, 0.29) is 17.6 Å². The highest BCUT2D eigenvalue weighted by atomic mass is 32.1. The molecule has 2 aromatic rings. The quantitative estimate of drug-likeness (QED) is 0.837. The lowest BCUT2D eigenvalue weighted by Crippen LogP contribution is -2.43. The molecule has 5 nitrogen and oxygen atoms in total. The first kappa shape index (κ1) is 17.4. The molecule has 25 heavy (non-hydrogen) atoms. The van der Waals surface area contributed by atoms with Gasteiger partial charge in [0.1, 0.15) is 6.04 Å². The van der Waals surface area contributed by atoms with E-state index in [0.29, 0.717) is 30.6 Å². The Labute approximate surface area is 150 Å². The minimum atomic E-state index is -0.451. The highest BCUT2D eigenvalue weighted by molar-refractivity contribution is 7.10. The van der Waals surface area contributed by atoms with Crippen LogP contribution in [0.2, 0.25) is 0 Å². The van der Waals surface area contributed by atoms with Crippen LogP contribution in [0.15, 0.2) is 41.8 Å². The highest BCUT2D eigenvalue weighted by Gasteiger charge is 2.34. The zero-order valence-electron chi connectivity index (χ0n) is 14.0. The number of Topliss-reactive ketones (excluding diaryl/α,β-unsaturated/α-hetero) is 1. The Kier molecular flexibility index (Phi) is 5.28. The monoisotopic (exact) mass is 356 g/mol. The van der Waals surface area contributed by atoms with Crippen molar-refractivity contribution in [2.45, 2.75) is 32.2 Å². The van der Waals surface area contributed by atoms with E-state index in [4.69, 9.17) is 0 Å². The second kappa shape index (κ2) is 7.61. The average molecular weight is 356 g/mol. The number of amides is 2. The summed E-state index contributed by atoms with van der Waals surface area (Å²) in [6.07, 6.45) is 1.82. The van der Waals surface area contributed by atoms with Crippen LogP contribution >= 0.6 is 11.3 Å². The van der Waals surface area contributed by atoms with Crippen LogP contribution in [0.3, 0.4) is 0 Å². The molecule has 1 atom stereocenters. The lowest BCUT2D eigenvalue weighted by atomic mass is 10.1. The number of thiophene rings is 1. The fourth-order valence-electron chi connectivity index (χ4n) is 3.04. The molecule has 0 saturated carbocycles. The third kappa shape index (κ3) is 4.14. The average Bonchev–Trinajstić information content (AvgIpc) is 3.26. The first-order chi connectivity index (χ1) is 12.0. The van der Waals surface area contributed by atoms with Crippen LogP contribution in [0.5, 0.6) is 0 Å². The van der Waals surface area contributed by atoms with Gasteiger partial charge in [-0.2, -0.15) is 0 Å². The Morgan fingerprint density at radius 3 is 2.80 bits per heavy atom. The second-order valence-corrected chi connectivity index (χ2v) is 7.16. The number of nitrogens with one attached hydrogen (secondary N) is 1. The zero-order valence-corrected chi connectivity index (χ0v) is 14.8. The van der Waals surface area contributed by atoms with E-state index in [2.05, 4.69) is 5.32 Å². The predicted molar refractivity (Wildman–Crippen MR) is 97.8 cm³/mol. The second-order valence-electron chi connectivity index (χ2n) is 6.13. The summed E-state index contributed by atoms with van der Waals surface area (Å²) in [5.41, 5.74) is 1.13. The maximum atomic E-state index is 12.6. The van der Waals surface area contributed by atoms with Gasteiger partial charge in [0.05, 0.1) is 6.42 Å². The molecule has 1 N–H and O–H groups in total. The number of nitrogens with zero attached hydrogens (tertiary/aromatic N) is 1. The number of anilines is 1. The Balaban J connectivity index is 1.67. The van der Waals surface area contributed by atoms with E-state index in [1.165, 1.54) is 6.92 Å². The van der Waals surface area contributed by atoms with Crippen molar-refractivity contribution in [1.29, 1.82) is 0 Å². The van der Waals surface area contributed by atoms with Crippen LogP contribution in [0.25, 0.3) is 0 Å². The van der Waals surface area contributed by atoms with Gasteiger partial charge < -0.3 is 10.2 Å². The number of hydrogen-bond acceptors (Lipinski definition) is 4. The van der Waals surface area contributed by atoms with Gasteiger partial charge in [0.2, 0.25) is 11.8 Å². The van der Waals surface area contributed by atoms with Gasteiger partial charge in [-0.1, -0.05) is 18.2 Å². The van der Waals surface area contributed by atoms with Crippen molar-refractivity contribution >= 4 is 34.6 Å². The molecule has 2 heterocycles. The Morgan fingerprint density at radius 1 is 1.24 bits per heavy atom. The normalized spacial score (nSPS) is 16.7. The molecular formula is C19H20N2O3S. The molecule has 1 unspecified atom stereocenters. The summed E-state index contributed by atoms with van der Waals surface area (Å²) in [6, 6.07) is 10.3. The molecule has 6 heteroatoms. The van der Waals surface area contributed by atoms with Crippen LogP contribution in [0.1, 0.15) is 35.0 Å². The third-order valence-electron chi connectivity index (χ3n) is 4.32. The van der Waals surface area contributed by atoms with Gasteiger partial charge in [-0.15, -0.1) is 11.3 Å². The van der Waals surface area contributed by atoms with Gasteiger partial charge in [-0.3, -0.25) is 14.4 Å². The number of ketones is 1. The van der Waals surface area contributed by atoms with Gasteiger partial charge in [-0.25, -0.2) is 0 Å². The minimum absolute atomic E-state index is 0.0161.